The molecule has 4 aromatic rings. The molecule has 6 rings (SSSR count). The Hall–Kier alpha value is -4.60. The number of carboxylic acid groups (broad SMARTS) is 2. The van der Waals surface area contributed by atoms with Crippen LogP contribution in [0.25, 0.3) is 11.3 Å². The number of oxime groups is 1. The number of pyridine rings is 1. The molecule has 0 saturated carbocycles. The van der Waals surface area contributed by atoms with E-state index in [2.05, 4.69) is 20.6 Å². The van der Waals surface area contributed by atoms with Crippen LogP contribution in [0.1, 0.15) is 11.5 Å². The number of hydrogen-bond acceptors (Lipinski definition) is 16. The van der Waals surface area contributed by atoms with Gasteiger partial charge in [0.2, 0.25) is 0 Å². The van der Waals surface area contributed by atoms with Crippen molar-refractivity contribution < 1.29 is 83.1 Å². The molecular weight excluding hydrogens is 726 g/mol. The van der Waals surface area contributed by atoms with Crippen LogP contribution in [0.15, 0.2) is 80.0 Å². The second-order valence-corrected chi connectivity index (χ2v) is 13.3. The maximum atomic E-state index is 13.4. The Balaban J connectivity index is 0.00000486. The molecular formula is C29H23N7NaO10S3+. The first-order chi connectivity index (χ1) is 23.5. The Morgan fingerprint density at radius 3 is 2.62 bits per heavy atom. The second kappa shape index (κ2) is 15.5. The van der Waals surface area contributed by atoms with Crippen molar-refractivity contribution in [2.24, 2.45) is 5.16 Å². The molecule has 2 amide bonds. The van der Waals surface area contributed by atoms with Gasteiger partial charge in [-0.05, 0) is 23.8 Å². The molecule has 0 radical (unpaired) electrons. The molecule has 50 heavy (non-hydrogen) atoms. The smallest absolute Gasteiger partial charge is 0.504 e. The van der Waals surface area contributed by atoms with Gasteiger partial charge in [0.15, 0.2) is 47.1 Å². The first kappa shape index (κ1) is 36.7. The van der Waals surface area contributed by atoms with Gasteiger partial charge in [-0.1, -0.05) is 10.3 Å². The number of benzene rings is 1. The predicted molar refractivity (Wildman–Crippen MR) is 171 cm³/mol. The number of phenolic OH excluding ortho intramolecular Hbond substituents is 2. The molecule has 3 aromatic heterocycles. The van der Waals surface area contributed by atoms with Gasteiger partial charge in [-0.3, -0.25) is 14.5 Å². The number of nitrogens with two attached hydrogens (primary N) is 1. The van der Waals surface area contributed by atoms with Crippen molar-refractivity contribution in [1.82, 2.24) is 20.4 Å². The van der Waals surface area contributed by atoms with Crippen LogP contribution in [0.5, 0.6) is 11.5 Å². The summed E-state index contributed by atoms with van der Waals surface area (Å²) in [6, 6.07) is 7.65. The Morgan fingerprint density at radius 1 is 1.20 bits per heavy atom. The van der Waals surface area contributed by atoms with Crippen molar-refractivity contribution in [3.63, 3.8) is 0 Å². The normalized spacial score (nSPS) is 17.0. The molecule has 2 aliphatic rings. The van der Waals surface area contributed by atoms with E-state index in [-0.39, 0.29) is 87.2 Å². The van der Waals surface area contributed by atoms with Gasteiger partial charge in [-0.25, -0.2) is 9.78 Å². The quantitative estimate of drug-likeness (QED) is 0.0206. The number of carbonyl (C=O) groups excluding carboxylic acids is 3. The number of carboxylic acids is 1. The average Bonchev–Trinajstić information content (AvgIpc) is 3.74. The van der Waals surface area contributed by atoms with Gasteiger partial charge in [0.1, 0.15) is 28.5 Å². The van der Waals surface area contributed by atoms with E-state index in [0.29, 0.717) is 21.7 Å². The minimum Gasteiger partial charge on any atom is -0.504 e. The number of amides is 2. The average molecular weight is 749 g/mol. The van der Waals surface area contributed by atoms with Gasteiger partial charge in [0.25, 0.3) is 11.8 Å². The summed E-state index contributed by atoms with van der Waals surface area (Å²) >= 11 is 3.60. The second-order valence-electron chi connectivity index (χ2n) is 10.3. The number of nitrogens with zero attached hydrogens (tertiary/aromatic N) is 5. The number of β-lactam (4-membered cyclic amide) rings is 1. The minimum atomic E-state index is -1.39. The summed E-state index contributed by atoms with van der Waals surface area (Å²) in [4.78, 5) is 61.2. The Labute approximate surface area is 316 Å². The monoisotopic (exact) mass is 748 g/mol. The molecule has 2 aliphatic heterocycles. The summed E-state index contributed by atoms with van der Waals surface area (Å²) in [7, 11) is 0. The molecule has 0 bridgehead atoms. The summed E-state index contributed by atoms with van der Waals surface area (Å²) in [5, 5.41) is 51.6. The van der Waals surface area contributed by atoms with E-state index in [4.69, 9.17) is 15.1 Å². The fourth-order valence-corrected chi connectivity index (χ4v) is 7.68. The zero-order valence-electron chi connectivity index (χ0n) is 25.7. The van der Waals surface area contributed by atoms with Crippen LogP contribution in [0.4, 0.5) is 9.93 Å². The molecule has 5 heterocycles. The van der Waals surface area contributed by atoms with Crippen LogP contribution >= 0.6 is 34.9 Å². The third-order valence-electron chi connectivity index (χ3n) is 7.13. The van der Waals surface area contributed by atoms with Crippen LogP contribution in [0.2, 0.25) is 0 Å². The maximum absolute atomic E-state index is 13.4. The summed E-state index contributed by atoms with van der Waals surface area (Å²) in [6.07, 6.45) is 1.22. The molecule has 0 unspecified atom stereocenters. The third kappa shape index (κ3) is 7.74. The van der Waals surface area contributed by atoms with Gasteiger partial charge >= 0.3 is 41.6 Å². The van der Waals surface area contributed by atoms with Crippen LogP contribution in [0, 0.1) is 0 Å². The van der Waals surface area contributed by atoms with E-state index in [1.165, 1.54) is 65.6 Å². The third-order valence-corrected chi connectivity index (χ3v) is 10.2. The predicted octanol–water partition coefficient (Wildman–Crippen LogP) is -2.27. The van der Waals surface area contributed by atoms with Crippen molar-refractivity contribution in [3.05, 3.63) is 76.9 Å². The van der Waals surface area contributed by atoms with Gasteiger partial charge in [0.05, 0.1) is 0 Å². The van der Waals surface area contributed by atoms with E-state index in [1.807, 2.05) is 0 Å². The van der Waals surface area contributed by atoms with Crippen molar-refractivity contribution >= 4 is 69.6 Å². The fourth-order valence-electron chi connectivity index (χ4n) is 4.77. The first-order valence-electron chi connectivity index (χ1n) is 14.0. The number of thioether (sulfide) groups is 2. The summed E-state index contributed by atoms with van der Waals surface area (Å²) in [5.41, 5.74) is 6.66. The van der Waals surface area contributed by atoms with Gasteiger partial charge < -0.3 is 45.6 Å². The number of carbonyl (C=O) groups is 4. The van der Waals surface area contributed by atoms with E-state index < -0.39 is 35.3 Å². The zero-order valence-corrected chi connectivity index (χ0v) is 30.2. The first-order valence-corrected chi connectivity index (χ1v) is 16.9. The number of nitrogens with one attached hydrogen (secondary N) is 1. The van der Waals surface area contributed by atoms with Crippen molar-refractivity contribution in [1.29, 1.82) is 0 Å². The Morgan fingerprint density at radius 2 is 1.96 bits per heavy atom. The number of hydrogen-bond donors (Lipinski definition) is 5. The molecule has 17 nitrogen and oxygen atoms in total. The number of aromatic nitrogens is 3. The maximum Gasteiger partial charge on any atom is 1.00 e. The number of aliphatic carboxylic acids is 1. The summed E-state index contributed by atoms with van der Waals surface area (Å²) < 4.78 is 6.11. The summed E-state index contributed by atoms with van der Waals surface area (Å²) in [6.45, 7) is -0.268. The van der Waals surface area contributed by atoms with E-state index in [1.54, 1.807) is 12.1 Å². The van der Waals surface area contributed by atoms with Crippen LogP contribution in [-0.4, -0.2) is 82.9 Å². The number of phenols is 2. The number of thiazole rings is 1. The molecule has 2 atom stereocenters. The standard InChI is InChI=1S/C29H23N7O10S3.Na/c30-28-31-18(12-49-28)21(34-45-9-15-8-17(33-46-15)13-1-2-19(37)20(38)7-13)24(39)32-22-25(40)36-23(27(41)42)14(11-48-26(22)36)10-47-16-3-5-35(6-4-16)29(43)44;/h1-8,12,22,26H,9-11H2,(H6-,30,31,32,33,34,37,38,39,41,42,43,44);/q;+1/t22-,26-;/m1./s1. The number of nitrogen functional groups attached to an aromatic ring is 1. The molecule has 21 heteroatoms. The van der Waals surface area contributed by atoms with Crippen LogP contribution in [0.3, 0.4) is 0 Å². The van der Waals surface area contributed by atoms with Crippen molar-refractivity contribution in [2.75, 3.05) is 17.2 Å². The number of anilines is 1. The zero-order chi connectivity index (χ0) is 34.8. The number of fused-ring (bicyclic) bond motifs is 1. The number of rotatable bonds is 11. The molecule has 1 aromatic carbocycles. The fraction of sp³-hybridized carbons (Fsp3) is 0.172. The molecule has 0 aliphatic carbocycles. The van der Waals surface area contributed by atoms with Crippen LogP contribution < -0.4 is 50.3 Å². The largest absolute Gasteiger partial charge is 1.00 e. The number of aromatic hydroxyl groups is 2. The van der Waals surface area contributed by atoms with Gasteiger partial charge in [0, 0.05) is 45.5 Å². The summed E-state index contributed by atoms with van der Waals surface area (Å²) in [5.74, 6) is -2.69. The van der Waals surface area contributed by atoms with E-state index in [9.17, 15) is 39.6 Å². The van der Waals surface area contributed by atoms with Crippen molar-refractivity contribution in [2.45, 2.75) is 22.9 Å². The topological polar surface area (TPSA) is 258 Å². The van der Waals surface area contributed by atoms with Gasteiger partial charge in [-0.2, -0.15) is 4.57 Å². The molecule has 1 fully saturated rings. The minimum absolute atomic E-state index is 0. The molecule has 6 N–H and O–H groups in total. The SMILES string of the molecule is Nc1nc(C(=NOCc2cc(-c3ccc(O)c(O)c3)no2)C(=O)N[C@@H]2C(=O)N3C(C(=O)O)=C(CSc4cc[n+](C(=O)[O-])cc4)CS[C@H]23)cs1.[Na+]. The van der Waals surface area contributed by atoms with E-state index >= 15 is 0 Å². The van der Waals surface area contributed by atoms with Crippen LogP contribution in [-0.2, 0) is 25.8 Å². The Bertz CT molecular complexity index is 2040. The molecule has 1 saturated heterocycles. The Kier molecular flexibility index (Phi) is 11.4. The van der Waals surface area contributed by atoms with E-state index in [0.717, 1.165) is 20.8 Å². The molecule has 252 valence electrons. The van der Waals surface area contributed by atoms with Crippen molar-refractivity contribution in [3.8, 4) is 22.8 Å². The molecule has 0 spiro atoms. The van der Waals surface area contributed by atoms with Gasteiger partial charge in [-0.15, -0.1) is 34.9 Å².